The second-order valence-corrected chi connectivity index (χ2v) is 4.48. The Labute approximate surface area is 113 Å². The van der Waals surface area contributed by atoms with Crippen LogP contribution in [0, 0.1) is 0 Å². The Balaban J connectivity index is 2.13. The number of nitrogens with zero attached hydrogens (tertiary/aromatic N) is 1. The molecular formula is C16H18N2O. The molecule has 1 N–H and O–H groups in total. The molecular weight excluding hydrogens is 236 g/mol. The van der Waals surface area contributed by atoms with E-state index in [1.165, 1.54) is 0 Å². The number of rotatable bonds is 5. The number of hydrogen-bond donors (Lipinski definition) is 1. The highest BCUT2D eigenvalue weighted by Gasteiger charge is 2.19. The molecule has 2 rings (SSSR count). The fraction of sp³-hybridized carbons (Fsp3) is 0.250. The molecule has 3 heteroatoms. The highest BCUT2D eigenvalue weighted by molar-refractivity contribution is 5.95. The third-order valence-corrected chi connectivity index (χ3v) is 3.02. The quantitative estimate of drug-likeness (QED) is 0.885. The highest BCUT2D eigenvalue weighted by Crippen LogP contribution is 2.22. The summed E-state index contributed by atoms with van der Waals surface area (Å²) in [5, 5.41) is 2.92. The molecule has 98 valence electrons. The third kappa shape index (κ3) is 3.65. The van der Waals surface area contributed by atoms with Crippen LogP contribution in [-0.2, 0) is 4.79 Å². The molecule has 1 aromatic heterocycles. The van der Waals surface area contributed by atoms with E-state index in [2.05, 4.69) is 17.2 Å². The summed E-state index contributed by atoms with van der Waals surface area (Å²) in [5.74, 6) is -0.0764. The lowest BCUT2D eigenvalue weighted by Gasteiger charge is -2.16. The number of hydrogen-bond acceptors (Lipinski definition) is 2. The Kier molecular flexibility index (Phi) is 4.67. The second kappa shape index (κ2) is 6.69. The molecule has 0 aliphatic carbocycles. The number of benzene rings is 1. The molecule has 0 saturated heterocycles. The lowest BCUT2D eigenvalue weighted by molar-refractivity contribution is -0.117. The second-order valence-electron chi connectivity index (χ2n) is 4.48. The Morgan fingerprint density at radius 2 is 2.00 bits per heavy atom. The summed E-state index contributed by atoms with van der Waals surface area (Å²) in [5.41, 5.74) is 1.80. The van der Waals surface area contributed by atoms with Crippen molar-refractivity contribution >= 4 is 11.6 Å². The van der Waals surface area contributed by atoms with Gasteiger partial charge in [0.25, 0.3) is 0 Å². The monoisotopic (exact) mass is 254 g/mol. The number of nitrogens with one attached hydrogen (secondary N) is 1. The van der Waals surface area contributed by atoms with Crippen molar-refractivity contribution in [3.8, 4) is 0 Å². The van der Waals surface area contributed by atoms with Crippen molar-refractivity contribution in [3.63, 3.8) is 0 Å². The van der Waals surface area contributed by atoms with Crippen LogP contribution in [-0.4, -0.2) is 10.9 Å². The maximum Gasteiger partial charge on any atom is 0.231 e. The van der Waals surface area contributed by atoms with E-state index in [0.717, 1.165) is 24.1 Å². The number of amides is 1. The Hall–Kier alpha value is -2.16. The van der Waals surface area contributed by atoms with Gasteiger partial charge in [-0.05, 0) is 24.1 Å². The standard InChI is InChI=1S/C16H18N2O/c1-2-7-15(13-8-4-3-5-9-13)16(19)18-14-10-6-11-17-12-14/h3-6,8-12,15H,2,7H2,1H3,(H,18,19). The Morgan fingerprint density at radius 3 is 2.63 bits per heavy atom. The van der Waals surface area contributed by atoms with Crippen molar-refractivity contribution in [2.24, 2.45) is 0 Å². The third-order valence-electron chi connectivity index (χ3n) is 3.02. The van der Waals surface area contributed by atoms with Crippen molar-refractivity contribution in [2.75, 3.05) is 5.32 Å². The van der Waals surface area contributed by atoms with Crippen LogP contribution in [0.15, 0.2) is 54.9 Å². The summed E-state index contributed by atoms with van der Waals surface area (Å²) in [6.07, 6.45) is 5.17. The van der Waals surface area contributed by atoms with Gasteiger partial charge in [-0.2, -0.15) is 0 Å². The lowest BCUT2D eigenvalue weighted by atomic mass is 9.93. The molecule has 2 aromatic rings. The molecule has 0 aliphatic heterocycles. The number of anilines is 1. The first-order valence-electron chi connectivity index (χ1n) is 6.57. The van der Waals surface area contributed by atoms with Gasteiger partial charge in [0, 0.05) is 6.20 Å². The molecule has 1 unspecified atom stereocenters. The average molecular weight is 254 g/mol. The molecule has 19 heavy (non-hydrogen) atoms. The van der Waals surface area contributed by atoms with Gasteiger partial charge in [0.15, 0.2) is 0 Å². The van der Waals surface area contributed by atoms with Gasteiger partial charge in [-0.3, -0.25) is 9.78 Å². The minimum atomic E-state index is -0.105. The summed E-state index contributed by atoms with van der Waals surface area (Å²) >= 11 is 0. The largest absolute Gasteiger partial charge is 0.324 e. The van der Waals surface area contributed by atoms with E-state index in [0.29, 0.717) is 0 Å². The lowest BCUT2D eigenvalue weighted by Crippen LogP contribution is -2.21. The van der Waals surface area contributed by atoms with E-state index in [-0.39, 0.29) is 11.8 Å². The van der Waals surface area contributed by atoms with Crippen molar-refractivity contribution < 1.29 is 4.79 Å². The molecule has 0 fully saturated rings. The summed E-state index contributed by atoms with van der Waals surface area (Å²) in [6.45, 7) is 2.09. The van der Waals surface area contributed by atoms with Gasteiger partial charge in [0.1, 0.15) is 0 Å². The van der Waals surface area contributed by atoms with E-state index in [1.807, 2.05) is 42.5 Å². The van der Waals surface area contributed by atoms with E-state index in [9.17, 15) is 4.79 Å². The molecule has 0 saturated carbocycles. The first-order chi connectivity index (χ1) is 9.31. The predicted molar refractivity (Wildman–Crippen MR) is 77.0 cm³/mol. The van der Waals surface area contributed by atoms with Crippen LogP contribution in [0.5, 0.6) is 0 Å². The highest BCUT2D eigenvalue weighted by atomic mass is 16.1. The summed E-state index contributed by atoms with van der Waals surface area (Å²) in [4.78, 5) is 16.4. The summed E-state index contributed by atoms with van der Waals surface area (Å²) in [6, 6.07) is 13.6. The summed E-state index contributed by atoms with van der Waals surface area (Å²) in [7, 11) is 0. The van der Waals surface area contributed by atoms with Gasteiger partial charge in [-0.25, -0.2) is 0 Å². The van der Waals surface area contributed by atoms with Crippen LogP contribution in [0.25, 0.3) is 0 Å². The average Bonchev–Trinajstić information content (AvgIpc) is 2.46. The van der Waals surface area contributed by atoms with E-state index >= 15 is 0 Å². The molecule has 1 heterocycles. The topological polar surface area (TPSA) is 42.0 Å². The molecule has 1 aromatic carbocycles. The maximum atomic E-state index is 12.4. The SMILES string of the molecule is CCCC(C(=O)Nc1cccnc1)c1ccccc1. The first kappa shape index (κ1) is 13.3. The number of carbonyl (C=O) groups excluding carboxylic acids is 1. The van der Waals surface area contributed by atoms with E-state index in [4.69, 9.17) is 0 Å². The molecule has 0 aliphatic rings. The van der Waals surface area contributed by atoms with Gasteiger partial charge in [-0.1, -0.05) is 43.7 Å². The zero-order chi connectivity index (χ0) is 13.5. The van der Waals surface area contributed by atoms with Gasteiger partial charge in [0.05, 0.1) is 17.8 Å². The molecule has 1 atom stereocenters. The number of aromatic nitrogens is 1. The van der Waals surface area contributed by atoms with Gasteiger partial charge in [-0.15, -0.1) is 0 Å². The number of carbonyl (C=O) groups is 1. The van der Waals surface area contributed by atoms with Gasteiger partial charge < -0.3 is 5.32 Å². The van der Waals surface area contributed by atoms with Crippen molar-refractivity contribution in [1.82, 2.24) is 4.98 Å². The normalized spacial score (nSPS) is 11.8. The van der Waals surface area contributed by atoms with Crippen LogP contribution in [0.4, 0.5) is 5.69 Å². The van der Waals surface area contributed by atoms with Crippen LogP contribution >= 0.6 is 0 Å². The first-order valence-corrected chi connectivity index (χ1v) is 6.57. The predicted octanol–water partition coefficient (Wildman–Crippen LogP) is 3.60. The van der Waals surface area contributed by atoms with Gasteiger partial charge >= 0.3 is 0 Å². The minimum Gasteiger partial charge on any atom is -0.324 e. The van der Waals surface area contributed by atoms with Crippen molar-refractivity contribution in [3.05, 3.63) is 60.4 Å². The van der Waals surface area contributed by atoms with Gasteiger partial charge in [0.2, 0.25) is 5.91 Å². The molecule has 0 radical (unpaired) electrons. The Bertz CT molecular complexity index is 511. The zero-order valence-electron chi connectivity index (χ0n) is 11.0. The molecule has 0 bridgehead atoms. The maximum absolute atomic E-state index is 12.4. The van der Waals surface area contributed by atoms with Crippen LogP contribution in [0.2, 0.25) is 0 Å². The van der Waals surface area contributed by atoms with E-state index < -0.39 is 0 Å². The summed E-state index contributed by atoms with van der Waals surface area (Å²) < 4.78 is 0. The molecule has 1 amide bonds. The molecule has 3 nitrogen and oxygen atoms in total. The van der Waals surface area contributed by atoms with E-state index in [1.54, 1.807) is 12.4 Å². The van der Waals surface area contributed by atoms with Crippen molar-refractivity contribution in [1.29, 1.82) is 0 Å². The Morgan fingerprint density at radius 1 is 1.21 bits per heavy atom. The number of pyridine rings is 1. The van der Waals surface area contributed by atoms with Crippen LogP contribution in [0.1, 0.15) is 31.2 Å². The minimum absolute atomic E-state index is 0.0288. The van der Waals surface area contributed by atoms with Crippen LogP contribution in [0.3, 0.4) is 0 Å². The molecule has 0 spiro atoms. The fourth-order valence-electron chi connectivity index (χ4n) is 2.09. The van der Waals surface area contributed by atoms with Crippen LogP contribution < -0.4 is 5.32 Å². The fourth-order valence-corrected chi connectivity index (χ4v) is 2.09. The zero-order valence-corrected chi connectivity index (χ0v) is 11.0. The smallest absolute Gasteiger partial charge is 0.231 e. The van der Waals surface area contributed by atoms with Crippen molar-refractivity contribution in [2.45, 2.75) is 25.7 Å².